The average molecular weight is 253 g/mol. The molecule has 4 heteroatoms. The van der Waals surface area contributed by atoms with Crippen molar-refractivity contribution in [2.24, 2.45) is 0 Å². The second-order valence-electron chi connectivity index (χ2n) is 4.35. The van der Waals surface area contributed by atoms with Gasteiger partial charge < -0.3 is 4.42 Å². The minimum Gasteiger partial charge on any atom is -0.472 e. The first kappa shape index (κ1) is 11.5. The Morgan fingerprint density at radius 2 is 1.74 bits per heavy atom. The summed E-state index contributed by atoms with van der Waals surface area (Å²) in [7, 11) is 0. The maximum atomic E-state index is 12.1. The topological polar surface area (TPSA) is 50.5 Å². The zero-order valence-electron chi connectivity index (χ0n) is 10.3. The first-order valence-corrected chi connectivity index (χ1v) is 5.86. The molecule has 1 aromatic heterocycles. The van der Waals surface area contributed by atoms with Crippen LogP contribution in [0.25, 0.3) is 5.57 Å². The van der Waals surface area contributed by atoms with Gasteiger partial charge in [0.15, 0.2) is 0 Å². The SMILES string of the molecule is CC(=CN1C(=O)c2ccccc2C1=O)c1ccoc1. The number of benzene rings is 1. The highest BCUT2D eigenvalue weighted by Gasteiger charge is 2.33. The van der Waals surface area contributed by atoms with Gasteiger partial charge in [-0.1, -0.05) is 12.1 Å². The molecule has 0 saturated carbocycles. The molecule has 0 spiro atoms. The second-order valence-corrected chi connectivity index (χ2v) is 4.35. The van der Waals surface area contributed by atoms with E-state index >= 15 is 0 Å². The average Bonchev–Trinajstić information content (AvgIpc) is 3.03. The monoisotopic (exact) mass is 253 g/mol. The van der Waals surface area contributed by atoms with Gasteiger partial charge in [-0.25, -0.2) is 4.90 Å². The lowest BCUT2D eigenvalue weighted by molar-refractivity contribution is 0.0722. The van der Waals surface area contributed by atoms with Crippen LogP contribution in [0.5, 0.6) is 0 Å². The van der Waals surface area contributed by atoms with Crippen LogP contribution in [-0.2, 0) is 0 Å². The van der Waals surface area contributed by atoms with Crippen LogP contribution in [0.4, 0.5) is 0 Å². The zero-order valence-corrected chi connectivity index (χ0v) is 10.3. The number of fused-ring (bicyclic) bond motifs is 1. The smallest absolute Gasteiger partial charge is 0.265 e. The summed E-state index contributed by atoms with van der Waals surface area (Å²) in [6, 6.07) is 8.61. The Morgan fingerprint density at radius 1 is 1.11 bits per heavy atom. The number of hydrogen-bond donors (Lipinski definition) is 0. The Morgan fingerprint density at radius 3 is 2.26 bits per heavy atom. The standard InChI is InChI=1S/C15H11NO3/c1-10(11-6-7-19-9-11)8-16-14(17)12-4-2-3-5-13(12)15(16)18/h2-9H,1H3. The van der Waals surface area contributed by atoms with Crippen molar-refractivity contribution in [3.05, 3.63) is 65.7 Å². The molecule has 3 rings (SSSR count). The van der Waals surface area contributed by atoms with Crippen molar-refractivity contribution in [2.45, 2.75) is 6.92 Å². The van der Waals surface area contributed by atoms with Crippen molar-refractivity contribution >= 4 is 17.4 Å². The molecule has 0 saturated heterocycles. The van der Waals surface area contributed by atoms with Crippen LogP contribution in [0.3, 0.4) is 0 Å². The molecule has 0 N–H and O–H groups in total. The minimum absolute atomic E-state index is 0.288. The highest BCUT2D eigenvalue weighted by Crippen LogP contribution is 2.25. The molecular formula is C15H11NO3. The van der Waals surface area contributed by atoms with Crippen LogP contribution in [0.1, 0.15) is 33.2 Å². The number of hydrogen-bond acceptors (Lipinski definition) is 3. The van der Waals surface area contributed by atoms with Gasteiger partial charge in [-0.3, -0.25) is 9.59 Å². The van der Waals surface area contributed by atoms with E-state index in [1.807, 2.05) is 6.92 Å². The summed E-state index contributed by atoms with van der Waals surface area (Å²) in [5, 5.41) is 0. The van der Waals surface area contributed by atoms with Crippen LogP contribution in [-0.4, -0.2) is 16.7 Å². The van der Waals surface area contributed by atoms with Crippen molar-refractivity contribution in [2.75, 3.05) is 0 Å². The van der Waals surface area contributed by atoms with Crippen molar-refractivity contribution in [3.63, 3.8) is 0 Å². The van der Waals surface area contributed by atoms with Gasteiger partial charge in [0.1, 0.15) is 0 Å². The maximum Gasteiger partial charge on any atom is 0.265 e. The molecular weight excluding hydrogens is 242 g/mol. The lowest BCUT2D eigenvalue weighted by Crippen LogP contribution is -2.23. The quantitative estimate of drug-likeness (QED) is 0.773. The number of carbonyl (C=O) groups is 2. The third kappa shape index (κ3) is 1.78. The number of furan rings is 1. The molecule has 0 bridgehead atoms. The zero-order chi connectivity index (χ0) is 13.4. The van der Waals surface area contributed by atoms with E-state index in [-0.39, 0.29) is 11.8 Å². The van der Waals surface area contributed by atoms with Gasteiger partial charge in [0.25, 0.3) is 11.8 Å². The summed E-state index contributed by atoms with van der Waals surface area (Å²) in [4.78, 5) is 25.4. The number of carbonyl (C=O) groups excluding carboxylic acids is 2. The van der Waals surface area contributed by atoms with Gasteiger partial charge in [-0.15, -0.1) is 0 Å². The third-order valence-corrected chi connectivity index (χ3v) is 3.12. The molecule has 0 radical (unpaired) electrons. The first-order valence-electron chi connectivity index (χ1n) is 5.86. The summed E-state index contributed by atoms with van der Waals surface area (Å²) in [6.07, 6.45) is 4.68. The number of amides is 2. The largest absolute Gasteiger partial charge is 0.472 e. The molecule has 0 unspecified atom stereocenters. The predicted molar refractivity (Wildman–Crippen MR) is 69.3 cm³/mol. The number of imide groups is 1. The van der Waals surface area contributed by atoms with Gasteiger partial charge in [0, 0.05) is 11.8 Å². The fourth-order valence-electron chi connectivity index (χ4n) is 2.08. The van der Waals surface area contributed by atoms with E-state index in [2.05, 4.69) is 0 Å². The van der Waals surface area contributed by atoms with Crippen molar-refractivity contribution in [1.82, 2.24) is 4.90 Å². The molecule has 1 aliphatic heterocycles. The normalized spacial score (nSPS) is 15.0. The van der Waals surface area contributed by atoms with Crippen LogP contribution < -0.4 is 0 Å². The number of nitrogens with zero attached hydrogens (tertiary/aromatic N) is 1. The van der Waals surface area contributed by atoms with E-state index in [9.17, 15) is 9.59 Å². The lowest BCUT2D eigenvalue weighted by Gasteiger charge is -2.09. The molecule has 94 valence electrons. The molecule has 4 nitrogen and oxygen atoms in total. The highest BCUT2D eigenvalue weighted by molar-refractivity contribution is 6.22. The van der Waals surface area contributed by atoms with Gasteiger partial charge in [0.05, 0.1) is 23.7 Å². The molecule has 2 amide bonds. The predicted octanol–water partition coefficient (Wildman–Crippen LogP) is 2.94. The fraction of sp³-hybridized carbons (Fsp3) is 0.0667. The molecule has 2 heterocycles. The number of rotatable bonds is 2. The van der Waals surface area contributed by atoms with E-state index in [1.54, 1.807) is 49.1 Å². The fourth-order valence-corrected chi connectivity index (χ4v) is 2.08. The van der Waals surface area contributed by atoms with E-state index in [0.717, 1.165) is 16.0 Å². The summed E-state index contributed by atoms with van der Waals surface area (Å²) in [6.45, 7) is 1.83. The summed E-state index contributed by atoms with van der Waals surface area (Å²) in [5.41, 5.74) is 2.53. The Hall–Kier alpha value is -2.62. The van der Waals surface area contributed by atoms with Crippen molar-refractivity contribution < 1.29 is 14.0 Å². The van der Waals surface area contributed by atoms with E-state index < -0.39 is 0 Å². The summed E-state index contributed by atoms with van der Waals surface area (Å²) in [5.74, 6) is -0.577. The Labute approximate surface area is 109 Å². The van der Waals surface area contributed by atoms with E-state index in [4.69, 9.17) is 4.42 Å². The Kier molecular flexibility index (Phi) is 2.56. The van der Waals surface area contributed by atoms with Crippen molar-refractivity contribution in [1.29, 1.82) is 0 Å². The van der Waals surface area contributed by atoms with Crippen LogP contribution >= 0.6 is 0 Å². The number of allylic oxidation sites excluding steroid dienone is 1. The van der Waals surface area contributed by atoms with E-state index in [0.29, 0.717) is 11.1 Å². The molecule has 0 aliphatic carbocycles. The van der Waals surface area contributed by atoms with Gasteiger partial charge in [-0.05, 0) is 30.7 Å². The van der Waals surface area contributed by atoms with Gasteiger partial charge in [0.2, 0.25) is 0 Å². The first-order chi connectivity index (χ1) is 9.18. The Balaban J connectivity index is 1.99. The maximum absolute atomic E-state index is 12.1. The molecule has 0 atom stereocenters. The molecule has 0 fully saturated rings. The van der Waals surface area contributed by atoms with Crippen LogP contribution in [0.2, 0.25) is 0 Å². The molecule has 2 aromatic rings. The van der Waals surface area contributed by atoms with Crippen LogP contribution in [0.15, 0.2) is 53.5 Å². The molecule has 1 aromatic carbocycles. The second kappa shape index (κ2) is 4.24. The third-order valence-electron chi connectivity index (χ3n) is 3.12. The molecule has 1 aliphatic rings. The van der Waals surface area contributed by atoms with Crippen LogP contribution in [0, 0.1) is 0 Å². The lowest BCUT2D eigenvalue weighted by atomic mass is 10.1. The summed E-state index contributed by atoms with van der Waals surface area (Å²) >= 11 is 0. The highest BCUT2D eigenvalue weighted by atomic mass is 16.3. The van der Waals surface area contributed by atoms with Crippen molar-refractivity contribution in [3.8, 4) is 0 Å². The van der Waals surface area contributed by atoms with E-state index in [1.165, 1.54) is 0 Å². The van der Waals surface area contributed by atoms with Gasteiger partial charge in [-0.2, -0.15) is 0 Å². The Bertz CT molecular complexity index is 648. The minimum atomic E-state index is -0.288. The summed E-state index contributed by atoms with van der Waals surface area (Å²) < 4.78 is 4.99. The molecule has 19 heavy (non-hydrogen) atoms. The van der Waals surface area contributed by atoms with Gasteiger partial charge >= 0.3 is 0 Å².